The number of ether oxygens (including phenoxy) is 1. The van der Waals surface area contributed by atoms with Gasteiger partial charge >= 0.3 is 0 Å². The summed E-state index contributed by atoms with van der Waals surface area (Å²) < 4.78 is 5.14. The van der Waals surface area contributed by atoms with Crippen molar-refractivity contribution in [3.05, 3.63) is 11.8 Å². The highest BCUT2D eigenvalue weighted by molar-refractivity contribution is 9.09. The molecule has 16 heavy (non-hydrogen) atoms. The van der Waals surface area contributed by atoms with Gasteiger partial charge in [-0.15, -0.1) is 0 Å². The van der Waals surface area contributed by atoms with E-state index >= 15 is 0 Å². The predicted octanol–water partition coefficient (Wildman–Crippen LogP) is 2.40. The van der Waals surface area contributed by atoms with E-state index in [4.69, 9.17) is 4.74 Å². The van der Waals surface area contributed by atoms with E-state index in [1.54, 1.807) is 7.11 Å². The van der Waals surface area contributed by atoms with Gasteiger partial charge in [-0.1, -0.05) is 15.9 Å². The molecule has 0 bridgehead atoms. The first-order valence-corrected chi connectivity index (χ1v) is 6.22. The molecule has 0 N–H and O–H groups in total. The number of methoxy groups -OCH3 is 1. The normalized spacial score (nSPS) is 11.4. The maximum atomic E-state index is 5.14. The van der Waals surface area contributed by atoms with Gasteiger partial charge < -0.3 is 9.64 Å². The molecule has 0 aromatic carbocycles. The zero-order chi connectivity index (χ0) is 12.3. The monoisotopic (exact) mass is 287 g/mol. The van der Waals surface area contributed by atoms with Crippen LogP contribution in [0.25, 0.3) is 0 Å². The van der Waals surface area contributed by atoms with Crippen molar-refractivity contribution in [2.24, 2.45) is 0 Å². The summed E-state index contributed by atoms with van der Waals surface area (Å²) >= 11 is 3.49. The highest BCUT2D eigenvalue weighted by atomic mass is 79.9. The van der Waals surface area contributed by atoms with Crippen LogP contribution in [0.15, 0.2) is 6.07 Å². The van der Waals surface area contributed by atoms with Crippen molar-refractivity contribution < 1.29 is 4.74 Å². The van der Waals surface area contributed by atoms with E-state index in [1.807, 2.05) is 24.9 Å². The van der Waals surface area contributed by atoms with E-state index in [0.29, 0.717) is 11.8 Å². The molecular weight excluding hydrogens is 270 g/mol. The van der Waals surface area contributed by atoms with Crippen molar-refractivity contribution in [2.75, 3.05) is 24.4 Å². The van der Waals surface area contributed by atoms with Crippen molar-refractivity contribution in [1.82, 2.24) is 9.97 Å². The average molecular weight is 288 g/mol. The third kappa shape index (κ3) is 2.84. The number of anilines is 1. The molecular formula is C11H18BrN3O. The first-order valence-electron chi connectivity index (χ1n) is 5.10. The highest BCUT2D eigenvalue weighted by Gasteiger charge is 2.24. The van der Waals surface area contributed by atoms with Crippen LogP contribution in [0, 0.1) is 6.92 Å². The maximum Gasteiger partial charge on any atom is 0.229 e. The summed E-state index contributed by atoms with van der Waals surface area (Å²) in [6.45, 7) is 6.18. The Labute approximate surface area is 105 Å². The minimum absolute atomic E-state index is 0.0429. The molecule has 90 valence electrons. The summed E-state index contributed by atoms with van der Waals surface area (Å²) in [6.07, 6.45) is 0. The molecule has 1 heterocycles. The fourth-order valence-corrected chi connectivity index (χ4v) is 1.52. The van der Waals surface area contributed by atoms with E-state index in [0.717, 1.165) is 11.0 Å². The second-order valence-corrected chi connectivity index (χ2v) is 4.92. The maximum absolute atomic E-state index is 5.14. The van der Waals surface area contributed by atoms with E-state index in [9.17, 15) is 0 Å². The smallest absolute Gasteiger partial charge is 0.229 e. The van der Waals surface area contributed by atoms with Crippen molar-refractivity contribution in [1.29, 1.82) is 0 Å². The fraction of sp³-hybridized carbons (Fsp3) is 0.636. The Hall–Kier alpha value is -0.840. The fourth-order valence-electron chi connectivity index (χ4n) is 1.14. The number of alkyl halides is 1. The largest absolute Gasteiger partial charge is 0.481 e. The summed E-state index contributed by atoms with van der Waals surface area (Å²) in [4.78, 5) is 10.8. The Morgan fingerprint density at radius 3 is 2.56 bits per heavy atom. The van der Waals surface area contributed by atoms with Gasteiger partial charge in [-0.3, -0.25) is 0 Å². The SMILES string of the molecule is COc1cc(C)nc(N(C)C(C)(C)CBr)n1. The lowest BCUT2D eigenvalue weighted by Crippen LogP contribution is -2.43. The number of hydrogen-bond acceptors (Lipinski definition) is 4. The summed E-state index contributed by atoms with van der Waals surface area (Å²) in [5.41, 5.74) is 0.859. The molecule has 0 unspecified atom stereocenters. The van der Waals surface area contributed by atoms with Crippen molar-refractivity contribution in [2.45, 2.75) is 26.3 Å². The van der Waals surface area contributed by atoms with Crippen molar-refractivity contribution in [3.8, 4) is 5.88 Å². The standard InChI is InChI=1S/C11H18BrN3O/c1-8-6-9(16-5)14-10(13-8)15(4)11(2,3)7-12/h6H,7H2,1-5H3. The second-order valence-electron chi connectivity index (χ2n) is 4.36. The number of aromatic nitrogens is 2. The van der Waals surface area contributed by atoms with Gasteiger partial charge in [0.1, 0.15) is 0 Å². The Morgan fingerprint density at radius 1 is 1.44 bits per heavy atom. The quantitative estimate of drug-likeness (QED) is 0.797. The average Bonchev–Trinajstić information content (AvgIpc) is 2.27. The second kappa shape index (κ2) is 4.99. The third-order valence-corrected chi connectivity index (χ3v) is 3.94. The van der Waals surface area contributed by atoms with Gasteiger partial charge in [-0.2, -0.15) is 4.98 Å². The van der Waals surface area contributed by atoms with Crippen LogP contribution in [-0.2, 0) is 0 Å². The molecule has 0 saturated carbocycles. The molecule has 0 saturated heterocycles. The van der Waals surface area contributed by atoms with Crippen molar-refractivity contribution in [3.63, 3.8) is 0 Å². The Morgan fingerprint density at radius 2 is 2.06 bits per heavy atom. The number of rotatable bonds is 4. The summed E-state index contributed by atoms with van der Waals surface area (Å²) in [5.74, 6) is 1.28. The van der Waals surface area contributed by atoms with Gasteiger partial charge in [0.15, 0.2) is 0 Å². The van der Waals surface area contributed by atoms with Crippen LogP contribution in [0.5, 0.6) is 5.88 Å². The molecule has 0 amide bonds. The minimum atomic E-state index is -0.0429. The van der Waals surface area contributed by atoms with Crippen LogP contribution < -0.4 is 9.64 Å². The van der Waals surface area contributed by atoms with Crippen LogP contribution in [0.4, 0.5) is 5.95 Å². The number of hydrogen-bond donors (Lipinski definition) is 0. The Balaban J connectivity index is 3.08. The predicted molar refractivity (Wildman–Crippen MR) is 69.6 cm³/mol. The Kier molecular flexibility index (Phi) is 4.13. The van der Waals surface area contributed by atoms with Gasteiger partial charge in [0.05, 0.1) is 7.11 Å². The van der Waals surface area contributed by atoms with Gasteiger partial charge in [0, 0.05) is 29.7 Å². The lowest BCUT2D eigenvalue weighted by molar-refractivity contribution is 0.395. The molecule has 5 heteroatoms. The lowest BCUT2D eigenvalue weighted by atomic mass is 10.1. The van der Waals surface area contributed by atoms with Crippen LogP contribution in [0.1, 0.15) is 19.5 Å². The number of aryl methyl sites for hydroxylation is 1. The zero-order valence-electron chi connectivity index (χ0n) is 10.4. The topological polar surface area (TPSA) is 38.2 Å². The zero-order valence-corrected chi connectivity index (χ0v) is 12.0. The molecule has 0 radical (unpaired) electrons. The lowest BCUT2D eigenvalue weighted by Gasteiger charge is -2.34. The Bertz CT molecular complexity index is 368. The number of halogens is 1. The summed E-state index contributed by atoms with van der Waals surface area (Å²) in [5, 5.41) is 0.843. The van der Waals surface area contributed by atoms with Crippen LogP contribution in [0.3, 0.4) is 0 Å². The van der Waals surface area contributed by atoms with Crippen LogP contribution in [-0.4, -0.2) is 35.0 Å². The van der Waals surface area contributed by atoms with Gasteiger partial charge in [0.2, 0.25) is 11.8 Å². The first-order chi connectivity index (χ1) is 7.40. The molecule has 0 atom stereocenters. The minimum Gasteiger partial charge on any atom is -0.481 e. The molecule has 1 aromatic rings. The van der Waals surface area contributed by atoms with Crippen LogP contribution in [0.2, 0.25) is 0 Å². The molecule has 1 aromatic heterocycles. The van der Waals surface area contributed by atoms with Gasteiger partial charge in [-0.05, 0) is 20.8 Å². The molecule has 0 aliphatic carbocycles. The van der Waals surface area contributed by atoms with E-state index in [-0.39, 0.29) is 5.54 Å². The molecule has 0 aliphatic rings. The molecule has 0 fully saturated rings. The third-order valence-electron chi connectivity index (χ3n) is 2.56. The number of nitrogens with zero attached hydrogens (tertiary/aromatic N) is 3. The molecule has 0 spiro atoms. The first kappa shape index (κ1) is 13.2. The summed E-state index contributed by atoms with van der Waals surface area (Å²) in [7, 11) is 3.59. The van der Waals surface area contributed by atoms with Crippen LogP contribution >= 0.6 is 15.9 Å². The van der Waals surface area contributed by atoms with E-state index in [1.165, 1.54) is 0 Å². The van der Waals surface area contributed by atoms with Gasteiger partial charge in [0.25, 0.3) is 0 Å². The molecule has 0 aliphatic heterocycles. The van der Waals surface area contributed by atoms with Gasteiger partial charge in [-0.25, -0.2) is 4.98 Å². The van der Waals surface area contributed by atoms with E-state index < -0.39 is 0 Å². The van der Waals surface area contributed by atoms with E-state index in [2.05, 4.69) is 39.7 Å². The summed E-state index contributed by atoms with van der Waals surface area (Å²) in [6, 6.07) is 1.82. The molecule has 1 rings (SSSR count). The molecule has 4 nitrogen and oxygen atoms in total. The highest BCUT2D eigenvalue weighted by Crippen LogP contribution is 2.22. The van der Waals surface area contributed by atoms with Crippen molar-refractivity contribution >= 4 is 21.9 Å².